The molecule has 2 rings (SSSR count). The van der Waals surface area contributed by atoms with Crippen LogP contribution in [0.2, 0.25) is 0 Å². The second kappa shape index (κ2) is 4.17. The summed E-state index contributed by atoms with van der Waals surface area (Å²) in [4.78, 5) is 32.5. The maximum atomic E-state index is 11.3. The summed E-state index contributed by atoms with van der Waals surface area (Å²) in [5.74, 6) is -0.881. The summed E-state index contributed by atoms with van der Waals surface area (Å²) in [6, 6.07) is 6.05. The molecule has 0 atom stereocenters. The van der Waals surface area contributed by atoms with Gasteiger partial charge in [-0.05, 0) is 12.1 Å². The lowest BCUT2D eigenvalue weighted by atomic mass is 10.1. The molecule has 6 heteroatoms. The average molecular weight is 232 g/mol. The Bertz CT molecular complexity index is 548. The zero-order chi connectivity index (χ0) is 12.4. The molecule has 0 radical (unpaired) electrons. The van der Waals surface area contributed by atoms with Crippen LogP contribution >= 0.6 is 0 Å². The Morgan fingerprint density at radius 3 is 2.59 bits per heavy atom. The minimum atomic E-state index is -0.527. The molecular formula is C11H8N2O4. The van der Waals surface area contributed by atoms with Gasteiger partial charge in [-0.3, -0.25) is 25.0 Å². The van der Waals surface area contributed by atoms with Crippen molar-refractivity contribution >= 4 is 23.6 Å². The van der Waals surface area contributed by atoms with Crippen molar-refractivity contribution in [2.75, 3.05) is 0 Å². The molecule has 2 amide bonds. The number of carbonyl (C=O) groups excluding carboxylic acids is 2. The number of hydrogen-bond acceptors (Lipinski definition) is 4. The van der Waals surface area contributed by atoms with Gasteiger partial charge in [0.25, 0.3) is 11.6 Å². The van der Waals surface area contributed by atoms with Crippen molar-refractivity contribution in [3.8, 4) is 0 Å². The van der Waals surface area contributed by atoms with Gasteiger partial charge in [-0.1, -0.05) is 12.1 Å². The number of para-hydroxylation sites is 1. The van der Waals surface area contributed by atoms with Crippen LogP contribution in [0, 0.1) is 10.1 Å². The zero-order valence-electron chi connectivity index (χ0n) is 8.67. The summed E-state index contributed by atoms with van der Waals surface area (Å²) in [5, 5.41) is 12.9. The molecule has 1 aromatic carbocycles. The second-order valence-electron chi connectivity index (χ2n) is 3.54. The lowest BCUT2D eigenvalue weighted by Crippen LogP contribution is -2.19. The minimum absolute atomic E-state index is 0.0368. The fourth-order valence-electron chi connectivity index (χ4n) is 1.58. The van der Waals surface area contributed by atoms with Crippen LogP contribution in [0.4, 0.5) is 5.69 Å². The quantitative estimate of drug-likeness (QED) is 0.357. The van der Waals surface area contributed by atoms with Gasteiger partial charge in [0.15, 0.2) is 0 Å². The van der Waals surface area contributed by atoms with E-state index in [0.717, 1.165) is 0 Å². The first-order chi connectivity index (χ1) is 8.08. The molecule has 0 saturated carbocycles. The zero-order valence-corrected chi connectivity index (χ0v) is 8.67. The lowest BCUT2D eigenvalue weighted by molar-refractivity contribution is -0.385. The van der Waals surface area contributed by atoms with E-state index in [0.29, 0.717) is 5.56 Å². The first-order valence-electron chi connectivity index (χ1n) is 4.86. The Hall–Kier alpha value is -2.50. The average Bonchev–Trinajstić information content (AvgIpc) is 2.58. The van der Waals surface area contributed by atoms with Crippen molar-refractivity contribution in [1.29, 1.82) is 0 Å². The number of amides is 2. The van der Waals surface area contributed by atoms with Crippen LogP contribution in [0.3, 0.4) is 0 Å². The first-order valence-corrected chi connectivity index (χ1v) is 4.86. The highest BCUT2D eigenvalue weighted by Gasteiger charge is 2.24. The third kappa shape index (κ3) is 2.20. The van der Waals surface area contributed by atoms with Gasteiger partial charge in [0.1, 0.15) is 0 Å². The van der Waals surface area contributed by atoms with E-state index >= 15 is 0 Å². The van der Waals surface area contributed by atoms with Crippen molar-refractivity contribution in [2.24, 2.45) is 0 Å². The van der Waals surface area contributed by atoms with Crippen LogP contribution in [0.5, 0.6) is 0 Å². The van der Waals surface area contributed by atoms with Crippen LogP contribution in [0.1, 0.15) is 12.0 Å². The Labute approximate surface area is 96.1 Å². The van der Waals surface area contributed by atoms with Gasteiger partial charge >= 0.3 is 0 Å². The third-order valence-corrected chi connectivity index (χ3v) is 2.36. The van der Waals surface area contributed by atoms with Crippen molar-refractivity contribution < 1.29 is 14.5 Å². The van der Waals surface area contributed by atoms with E-state index in [1.165, 1.54) is 18.2 Å². The van der Waals surface area contributed by atoms with Crippen molar-refractivity contribution in [1.82, 2.24) is 5.32 Å². The van der Waals surface area contributed by atoms with E-state index in [9.17, 15) is 19.7 Å². The number of nitro benzene ring substituents is 1. The van der Waals surface area contributed by atoms with Gasteiger partial charge in [-0.25, -0.2) is 0 Å². The largest absolute Gasteiger partial charge is 0.292 e. The predicted octanol–water partition coefficient (Wildman–Crippen LogP) is 1.02. The molecule has 1 saturated heterocycles. The minimum Gasteiger partial charge on any atom is -0.292 e. The summed E-state index contributed by atoms with van der Waals surface area (Å²) >= 11 is 0. The van der Waals surface area contributed by atoms with Crippen molar-refractivity contribution in [2.45, 2.75) is 6.42 Å². The maximum Gasteiger partial charge on any atom is 0.276 e. The summed E-state index contributed by atoms with van der Waals surface area (Å²) in [6.45, 7) is 0. The topological polar surface area (TPSA) is 89.3 Å². The number of imide groups is 1. The van der Waals surface area contributed by atoms with E-state index in [4.69, 9.17) is 0 Å². The van der Waals surface area contributed by atoms with Crippen LogP contribution in [0.15, 0.2) is 29.8 Å². The highest BCUT2D eigenvalue weighted by Crippen LogP contribution is 2.22. The third-order valence-electron chi connectivity index (χ3n) is 2.36. The second-order valence-corrected chi connectivity index (χ2v) is 3.54. The fourth-order valence-corrected chi connectivity index (χ4v) is 1.58. The van der Waals surface area contributed by atoms with E-state index in [2.05, 4.69) is 5.32 Å². The van der Waals surface area contributed by atoms with Gasteiger partial charge < -0.3 is 0 Å². The molecule has 1 N–H and O–H groups in total. The standard InChI is InChI=1S/C11H8N2O4/c14-10-6-8(11(15)12-10)5-7-3-1-2-4-9(7)13(16)17/h1-5H,6H2,(H,12,14,15). The summed E-state index contributed by atoms with van der Waals surface area (Å²) < 4.78 is 0. The SMILES string of the molecule is O=C1CC(=Cc2ccccc2[N+](=O)[O-])C(=O)N1. The van der Waals surface area contributed by atoms with E-state index in [1.54, 1.807) is 12.1 Å². The molecule has 0 bridgehead atoms. The number of nitro groups is 1. The number of hydrogen-bond donors (Lipinski definition) is 1. The van der Waals surface area contributed by atoms with Crippen LogP contribution in [-0.4, -0.2) is 16.7 Å². The number of nitrogens with zero attached hydrogens (tertiary/aromatic N) is 1. The highest BCUT2D eigenvalue weighted by atomic mass is 16.6. The van der Waals surface area contributed by atoms with Crippen LogP contribution in [0.25, 0.3) is 6.08 Å². The molecule has 1 fully saturated rings. The van der Waals surface area contributed by atoms with Gasteiger partial charge in [0.2, 0.25) is 5.91 Å². The molecule has 1 aliphatic heterocycles. The fraction of sp³-hybridized carbons (Fsp3) is 0.0909. The molecule has 1 aromatic rings. The maximum absolute atomic E-state index is 11.3. The van der Waals surface area contributed by atoms with E-state index < -0.39 is 10.8 Å². The number of rotatable bonds is 2. The molecule has 17 heavy (non-hydrogen) atoms. The molecule has 86 valence electrons. The monoisotopic (exact) mass is 232 g/mol. The smallest absolute Gasteiger partial charge is 0.276 e. The van der Waals surface area contributed by atoms with Crippen LogP contribution < -0.4 is 5.32 Å². The molecule has 0 spiro atoms. The Kier molecular flexibility index (Phi) is 2.70. The molecule has 0 aliphatic carbocycles. The number of benzene rings is 1. The van der Waals surface area contributed by atoms with Crippen molar-refractivity contribution in [3.05, 3.63) is 45.5 Å². The molecule has 0 unspecified atom stereocenters. The summed E-state index contributed by atoms with van der Waals surface area (Å²) in [5.41, 5.74) is 0.466. The Balaban J connectivity index is 2.42. The first kappa shape index (κ1) is 11.0. The van der Waals surface area contributed by atoms with Gasteiger partial charge in [-0.15, -0.1) is 0 Å². The lowest BCUT2D eigenvalue weighted by Gasteiger charge is -1.97. The number of nitrogens with one attached hydrogen (secondary N) is 1. The summed E-state index contributed by atoms with van der Waals surface area (Å²) in [6.07, 6.45) is 1.34. The van der Waals surface area contributed by atoms with Crippen LogP contribution in [-0.2, 0) is 9.59 Å². The Morgan fingerprint density at radius 2 is 2.00 bits per heavy atom. The van der Waals surface area contributed by atoms with E-state index in [-0.39, 0.29) is 23.6 Å². The Morgan fingerprint density at radius 1 is 1.29 bits per heavy atom. The molecule has 1 aliphatic rings. The van der Waals surface area contributed by atoms with E-state index in [1.807, 2.05) is 0 Å². The van der Waals surface area contributed by atoms with Gasteiger partial charge in [-0.2, -0.15) is 0 Å². The molecule has 6 nitrogen and oxygen atoms in total. The molecule has 1 heterocycles. The van der Waals surface area contributed by atoms with Gasteiger partial charge in [0.05, 0.1) is 16.9 Å². The summed E-state index contributed by atoms with van der Waals surface area (Å²) in [7, 11) is 0. The number of carbonyl (C=O) groups is 2. The van der Waals surface area contributed by atoms with Gasteiger partial charge in [0, 0.05) is 11.6 Å². The molecular weight excluding hydrogens is 224 g/mol. The van der Waals surface area contributed by atoms with Crippen molar-refractivity contribution in [3.63, 3.8) is 0 Å². The highest BCUT2D eigenvalue weighted by molar-refractivity contribution is 6.15. The predicted molar refractivity (Wildman–Crippen MR) is 58.8 cm³/mol. The normalized spacial score (nSPS) is 17.3. The molecule has 0 aromatic heterocycles.